The predicted molar refractivity (Wildman–Crippen MR) is 118 cm³/mol. The summed E-state index contributed by atoms with van der Waals surface area (Å²) in [6.07, 6.45) is 0.444. The van der Waals surface area contributed by atoms with Gasteiger partial charge in [-0.15, -0.1) is 0 Å². The number of sulfone groups is 1. The Morgan fingerprint density at radius 1 is 1.31 bits per heavy atom. The molecule has 32 heavy (non-hydrogen) atoms. The zero-order valence-corrected chi connectivity index (χ0v) is 20.2. The maximum Gasteiger partial charge on any atom is 0.236 e. The van der Waals surface area contributed by atoms with Crippen molar-refractivity contribution in [2.75, 3.05) is 13.1 Å². The summed E-state index contributed by atoms with van der Waals surface area (Å²) in [6.45, 7) is 6.62. The lowest BCUT2D eigenvalue weighted by Gasteiger charge is -2.44. The van der Waals surface area contributed by atoms with E-state index >= 15 is 0 Å². The van der Waals surface area contributed by atoms with Crippen molar-refractivity contribution < 1.29 is 22.5 Å². The number of hydrogen-bond donors (Lipinski definition) is 1. The van der Waals surface area contributed by atoms with Gasteiger partial charge in [-0.2, -0.15) is 4.98 Å². The number of benzene rings is 1. The Morgan fingerprint density at radius 3 is 2.69 bits per heavy atom. The lowest BCUT2D eigenvalue weighted by molar-refractivity contribution is -0.133. The number of likely N-dealkylation sites (tertiary alicyclic amines) is 1. The molecular formula is C20H24Cl2N4O5S. The molecule has 174 valence electrons. The average Bonchev–Trinajstić information content (AvgIpc) is 3.10. The fourth-order valence-corrected chi connectivity index (χ4v) is 5.66. The molecule has 1 aromatic heterocycles. The Balaban J connectivity index is 1.62. The van der Waals surface area contributed by atoms with Crippen LogP contribution >= 0.6 is 23.2 Å². The van der Waals surface area contributed by atoms with E-state index in [0.29, 0.717) is 19.5 Å². The van der Waals surface area contributed by atoms with Gasteiger partial charge in [0.2, 0.25) is 17.7 Å². The maximum absolute atomic E-state index is 12.6. The minimum atomic E-state index is -3.87. The van der Waals surface area contributed by atoms with Crippen molar-refractivity contribution in [3.63, 3.8) is 0 Å². The molecule has 12 heteroatoms. The number of piperidine rings is 1. The molecule has 0 spiro atoms. The number of carbonyl (C=O) groups is 2. The molecule has 2 aromatic rings. The van der Waals surface area contributed by atoms with E-state index in [4.69, 9.17) is 27.7 Å². The lowest BCUT2D eigenvalue weighted by atomic mass is 9.79. The highest BCUT2D eigenvalue weighted by atomic mass is 35.5. The standard InChI is InChI=1S/C20H24Cl2N4O5S/c1-12(27)26-8-7-15(20(2,3)11-26)23-17(28)9-18-24-16(25-31-18)10-32(29,30)14-6-4-5-13(21)19(14)22/h4-6,15H,7-11H2,1-3H3,(H,23,28). The lowest BCUT2D eigenvalue weighted by Crippen LogP contribution is -2.56. The second-order valence-electron chi connectivity index (χ2n) is 8.43. The van der Waals surface area contributed by atoms with Gasteiger partial charge in [-0.3, -0.25) is 9.59 Å². The van der Waals surface area contributed by atoms with Crippen LogP contribution in [0.3, 0.4) is 0 Å². The molecule has 1 fully saturated rings. The average molecular weight is 503 g/mol. The second kappa shape index (κ2) is 9.36. The number of halogens is 2. The van der Waals surface area contributed by atoms with E-state index in [1.54, 1.807) is 4.90 Å². The van der Waals surface area contributed by atoms with Crippen molar-refractivity contribution in [1.82, 2.24) is 20.4 Å². The van der Waals surface area contributed by atoms with Crippen LogP contribution in [0.15, 0.2) is 27.6 Å². The zero-order chi connectivity index (χ0) is 23.7. The number of amides is 2. The van der Waals surface area contributed by atoms with Crippen molar-refractivity contribution in [3.8, 4) is 0 Å². The van der Waals surface area contributed by atoms with Gasteiger partial charge in [0.1, 0.15) is 12.2 Å². The van der Waals surface area contributed by atoms with Crippen molar-refractivity contribution in [2.24, 2.45) is 5.41 Å². The van der Waals surface area contributed by atoms with E-state index in [-0.39, 0.29) is 56.3 Å². The van der Waals surface area contributed by atoms with Gasteiger partial charge in [-0.05, 0) is 18.6 Å². The molecule has 3 rings (SSSR count). The van der Waals surface area contributed by atoms with Gasteiger partial charge in [-0.1, -0.05) is 48.3 Å². The quantitative estimate of drug-likeness (QED) is 0.643. The van der Waals surface area contributed by atoms with E-state index < -0.39 is 15.6 Å². The van der Waals surface area contributed by atoms with E-state index in [9.17, 15) is 18.0 Å². The fraction of sp³-hybridized carbons (Fsp3) is 0.500. The molecule has 0 bridgehead atoms. The second-order valence-corrected chi connectivity index (χ2v) is 11.2. The van der Waals surface area contributed by atoms with Crippen LogP contribution in [0, 0.1) is 5.41 Å². The molecule has 0 saturated carbocycles. The number of carbonyl (C=O) groups excluding carboxylic acids is 2. The van der Waals surface area contributed by atoms with Gasteiger partial charge >= 0.3 is 0 Å². The molecule has 0 radical (unpaired) electrons. The SMILES string of the molecule is CC(=O)N1CCC(NC(=O)Cc2nc(CS(=O)(=O)c3cccc(Cl)c3Cl)no2)C(C)(C)C1. The van der Waals surface area contributed by atoms with Crippen LogP contribution in [0.25, 0.3) is 0 Å². The van der Waals surface area contributed by atoms with Crippen molar-refractivity contribution in [2.45, 2.75) is 50.3 Å². The van der Waals surface area contributed by atoms with Crippen molar-refractivity contribution in [1.29, 1.82) is 0 Å². The monoisotopic (exact) mass is 502 g/mol. The van der Waals surface area contributed by atoms with Crippen molar-refractivity contribution >= 4 is 44.9 Å². The molecule has 9 nitrogen and oxygen atoms in total. The maximum atomic E-state index is 12.6. The van der Waals surface area contributed by atoms with E-state index in [1.165, 1.54) is 25.1 Å². The first-order valence-electron chi connectivity index (χ1n) is 9.92. The summed E-state index contributed by atoms with van der Waals surface area (Å²) in [4.78, 5) is 29.8. The summed E-state index contributed by atoms with van der Waals surface area (Å²) in [5.74, 6) is -0.942. The third-order valence-corrected chi connectivity index (χ3v) is 7.98. The van der Waals surface area contributed by atoms with Crippen LogP contribution in [0.5, 0.6) is 0 Å². The highest BCUT2D eigenvalue weighted by Crippen LogP contribution is 2.31. The Labute approximate surface area is 196 Å². The Kier molecular flexibility index (Phi) is 7.16. The predicted octanol–water partition coefficient (Wildman–Crippen LogP) is 2.66. The van der Waals surface area contributed by atoms with Crippen LogP contribution in [0.1, 0.15) is 38.9 Å². The van der Waals surface area contributed by atoms with Crippen LogP contribution < -0.4 is 5.32 Å². The first kappa shape index (κ1) is 24.5. The van der Waals surface area contributed by atoms with Gasteiger partial charge in [0.05, 0.1) is 14.9 Å². The molecule has 1 aliphatic heterocycles. The minimum absolute atomic E-state index is 0.00358. The van der Waals surface area contributed by atoms with Gasteiger partial charge in [0.15, 0.2) is 15.7 Å². The van der Waals surface area contributed by atoms with Crippen molar-refractivity contribution in [3.05, 3.63) is 40.0 Å². The first-order valence-corrected chi connectivity index (χ1v) is 12.3. The van der Waals surface area contributed by atoms with E-state index in [2.05, 4.69) is 15.5 Å². The molecule has 1 saturated heterocycles. The van der Waals surface area contributed by atoms with Crippen LogP contribution in [-0.2, 0) is 31.6 Å². The molecule has 1 unspecified atom stereocenters. The summed E-state index contributed by atoms with van der Waals surface area (Å²) in [5.41, 5.74) is -0.302. The normalized spacial score (nSPS) is 18.4. The molecule has 2 heterocycles. The fourth-order valence-electron chi connectivity index (χ4n) is 3.67. The third-order valence-electron chi connectivity index (χ3n) is 5.40. The Bertz CT molecular complexity index is 1130. The third kappa shape index (κ3) is 5.60. The molecule has 2 amide bonds. The van der Waals surface area contributed by atoms with Gasteiger partial charge in [-0.25, -0.2) is 8.42 Å². The highest BCUT2D eigenvalue weighted by molar-refractivity contribution is 7.90. The highest BCUT2D eigenvalue weighted by Gasteiger charge is 2.37. The summed E-state index contributed by atoms with van der Waals surface area (Å²) >= 11 is 11.9. The van der Waals surface area contributed by atoms with Gasteiger partial charge in [0, 0.05) is 31.5 Å². The Morgan fingerprint density at radius 2 is 2.03 bits per heavy atom. The molecular weight excluding hydrogens is 479 g/mol. The molecule has 1 atom stereocenters. The van der Waals surface area contributed by atoms with E-state index in [1.807, 2.05) is 13.8 Å². The minimum Gasteiger partial charge on any atom is -0.352 e. The number of nitrogens with one attached hydrogen (secondary N) is 1. The number of hydrogen-bond acceptors (Lipinski definition) is 7. The summed E-state index contributed by atoms with van der Waals surface area (Å²) in [7, 11) is -3.87. The first-order chi connectivity index (χ1) is 14.9. The largest absolute Gasteiger partial charge is 0.352 e. The summed E-state index contributed by atoms with van der Waals surface area (Å²) < 4.78 is 30.3. The van der Waals surface area contributed by atoms with E-state index in [0.717, 1.165) is 0 Å². The summed E-state index contributed by atoms with van der Waals surface area (Å²) in [6, 6.07) is 4.18. The van der Waals surface area contributed by atoms with Crippen LogP contribution in [0.2, 0.25) is 10.0 Å². The molecule has 1 N–H and O–H groups in total. The van der Waals surface area contributed by atoms with Gasteiger partial charge < -0.3 is 14.7 Å². The Hall–Kier alpha value is -2.17. The number of aromatic nitrogens is 2. The molecule has 1 aromatic carbocycles. The molecule has 0 aliphatic carbocycles. The topological polar surface area (TPSA) is 122 Å². The number of nitrogens with zero attached hydrogens (tertiary/aromatic N) is 3. The van der Waals surface area contributed by atoms with Crippen LogP contribution in [0.4, 0.5) is 0 Å². The van der Waals surface area contributed by atoms with Gasteiger partial charge in [0.25, 0.3) is 0 Å². The smallest absolute Gasteiger partial charge is 0.236 e. The van der Waals surface area contributed by atoms with Crippen LogP contribution in [-0.4, -0.2) is 54.4 Å². The summed E-state index contributed by atoms with van der Waals surface area (Å²) in [5, 5.41) is 6.68. The molecule has 1 aliphatic rings. The zero-order valence-electron chi connectivity index (χ0n) is 17.9. The number of rotatable bonds is 6.